The Morgan fingerprint density at radius 1 is 1.24 bits per heavy atom. The normalized spacial score (nSPS) is 19.3. The number of rotatable bonds is 2. The summed E-state index contributed by atoms with van der Waals surface area (Å²) in [5, 5.41) is 9.03. The molecule has 2 aromatic carbocycles. The molecule has 0 radical (unpaired) electrons. The molecular formula is C19H22ClFN2O5S. The van der Waals surface area contributed by atoms with E-state index in [0.29, 0.717) is 18.5 Å². The van der Waals surface area contributed by atoms with Crippen molar-refractivity contribution in [1.82, 2.24) is 4.90 Å². The number of piperidine rings is 1. The number of aryl methyl sites for hydroxylation is 1. The molecule has 1 aliphatic rings. The topological polar surface area (TPSA) is 121 Å². The molecule has 0 bridgehead atoms. The molecular weight excluding hydrogens is 423 g/mol. The summed E-state index contributed by atoms with van der Waals surface area (Å²) in [5.41, 5.74) is 7.63. The van der Waals surface area contributed by atoms with Gasteiger partial charge in [0.15, 0.2) is 0 Å². The van der Waals surface area contributed by atoms with Crippen molar-refractivity contribution < 1.29 is 27.3 Å². The third-order valence-corrected chi connectivity index (χ3v) is 5.80. The summed E-state index contributed by atoms with van der Waals surface area (Å²) >= 11 is 5.62. The molecule has 1 amide bonds. The van der Waals surface area contributed by atoms with Crippen molar-refractivity contribution in [2.45, 2.75) is 30.2 Å². The molecule has 158 valence electrons. The van der Waals surface area contributed by atoms with Gasteiger partial charge in [0.2, 0.25) is 0 Å². The van der Waals surface area contributed by atoms with Crippen LogP contribution in [-0.4, -0.2) is 48.2 Å². The van der Waals surface area contributed by atoms with Gasteiger partial charge < -0.3 is 15.7 Å². The summed E-state index contributed by atoms with van der Waals surface area (Å²) in [5.74, 6) is -0.699. The Labute approximate surface area is 173 Å². The predicted octanol–water partition coefficient (Wildman–Crippen LogP) is 3.52. The van der Waals surface area contributed by atoms with Gasteiger partial charge in [0.05, 0.1) is 9.92 Å². The van der Waals surface area contributed by atoms with Crippen LogP contribution in [0.5, 0.6) is 0 Å². The predicted molar refractivity (Wildman–Crippen MR) is 107 cm³/mol. The lowest BCUT2D eigenvalue weighted by atomic mass is 9.86. The molecule has 1 aliphatic heterocycles. The van der Waals surface area contributed by atoms with Crippen molar-refractivity contribution >= 4 is 27.8 Å². The largest absolute Gasteiger partial charge is 0.465 e. The lowest BCUT2D eigenvalue weighted by Crippen LogP contribution is -2.47. The van der Waals surface area contributed by atoms with E-state index in [0.717, 1.165) is 5.56 Å². The van der Waals surface area contributed by atoms with Gasteiger partial charge in [-0.15, -0.1) is 0 Å². The van der Waals surface area contributed by atoms with E-state index in [9.17, 15) is 17.6 Å². The number of hydrogen-bond acceptors (Lipinski definition) is 4. The van der Waals surface area contributed by atoms with E-state index < -0.39 is 22.0 Å². The summed E-state index contributed by atoms with van der Waals surface area (Å²) in [7, 11) is -4.02. The van der Waals surface area contributed by atoms with Crippen LogP contribution in [0, 0.1) is 12.7 Å². The van der Waals surface area contributed by atoms with Crippen LogP contribution in [0.1, 0.15) is 23.5 Å². The Morgan fingerprint density at radius 2 is 1.86 bits per heavy atom. The third kappa shape index (κ3) is 6.40. The molecule has 0 spiro atoms. The lowest BCUT2D eigenvalue weighted by molar-refractivity contribution is 0.126. The number of carboxylic acid groups (broad SMARTS) is 1. The molecule has 4 N–H and O–H groups in total. The maximum atomic E-state index is 13.4. The molecule has 2 unspecified atom stereocenters. The summed E-state index contributed by atoms with van der Waals surface area (Å²) in [6, 6.07) is 10.3. The minimum Gasteiger partial charge on any atom is -0.465 e. The first-order valence-electron chi connectivity index (χ1n) is 8.71. The van der Waals surface area contributed by atoms with Gasteiger partial charge in [0.1, 0.15) is 5.82 Å². The van der Waals surface area contributed by atoms with E-state index in [2.05, 4.69) is 0 Å². The maximum Gasteiger partial charge on any atom is 0.407 e. The fourth-order valence-electron chi connectivity index (χ4n) is 2.95. The van der Waals surface area contributed by atoms with Crippen molar-refractivity contribution in [2.75, 3.05) is 13.1 Å². The highest BCUT2D eigenvalue weighted by molar-refractivity contribution is 7.85. The van der Waals surface area contributed by atoms with E-state index in [-0.39, 0.29) is 28.4 Å². The quantitative estimate of drug-likeness (QED) is 0.609. The van der Waals surface area contributed by atoms with E-state index in [1.54, 1.807) is 18.2 Å². The Hall–Kier alpha value is -2.20. The van der Waals surface area contributed by atoms with E-state index in [4.69, 9.17) is 27.0 Å². The number of likely N-dealkylation sites (tertiary alicyclic amines) is 1. The Balaban J connectivity index is 0.000000234. The number of nitrogens with zero attached hydrogens (tertiary/aromatic N) is 1. The van der Waals surface area contributed by atoms with Crippen LogP contribution in [0.4, 0.5) is 9.18 Å². The number of amides is 1. The molecule has 1 fully saturated rings. The van der Waals surface area contributed by atoms with Crippen LogP contribution in [-0.2, 0) is 10.1 Å². The molecule has 0 saturated carbocycles. The molecule has 3 rings (SSSR count). The zero-order valence-electron chi connectivity index (χ0n) is 15.6. The van der Waals surface area contributed by atoms with Gasteiger partial charge in [0, 0.05) is 25.0 Å². The van der Waals surface area contributed by atoms with Gasteiger partial charge in [-0.05, 0) is 43.2 Å². The Bertz CT molecular complexity index is 969. The van der Waals surface area contributed by atoms with Gasteiger partial charge in [-0.25, -0.2) is 9.18 Å². The summed E-state index contributed by atoms with van der Waals surface area (Å²) in [4.78, 5) is 12.2. The number of nitrogens with two attached hydrogens (primary N) is 1. The highest BCUT2D eigenvalue weighted by Gasteiger charge is 2.30. The number of halogens is 2. The van der Waals surface area contributed by atoms with Gasteiger partial charge in [-0.1, -0.05) is 35.4 Å². The van der Waals surface area contributed by atoms with Crippen LogP contribution >= 0.6 is 11.6 Å². The average Bonchev–Trinajstić information content (AvgIpc) is 2.64. The fraction of sp³-hybridized carbons (Fsp3) is 0.316. The zero-order valence-corrected chi connectivity index (χ0v) is 17.2. The van der Waals surface area contributed by atoms with Crippen LogP contribution in [0.15, 0.2) is 47.4 Å². The standard InChI is InChI=1S/C12H14ClFN2O2.C7H8O3S/c13-9-2-1-7(5-10(9)14)8-6-16(12(17)18)4-3-11(8)15;1-6-2-4-7(5-3-6)11(8,9)10/h1-2,5,8,11H,3-4,6,15H2,(H,17,18);2-5H,1H3,(H,8,9,10). The van der Waals surface area contributed by atoms with Crippen molar-refractivity contribution in [3.05, 3.63) is 64.4 Å². The van der Waals surface area contributed by atoms with Crippen molar-refractivity contribution in [1.29, 1.82) is 0 Å². The lowest BCUT2D eigenvalue weighted by Gasteiger charge is -2.35. The van der Waals surface area contributed by atoms with Gasteiger partial charge in [0.25, 0.3) is 10.1 Å². The van der Waals surface area contributed by atoms with Crippen molar-refractivity contribution in [3.8, 4) is 0 Å². The highest BCUT2D eigenvalue weighted by atomic mass is 35.5. The van der Waals surface area contributed by atoms with Gasteiger partial charge in [-0.3, -0.25) is 4.55 Å². The summed E-state index contributed by atoms with van der Waals surface area (Å²) in [6.45, 7) is 2.55. The first-order valence-corrected chi connectivity index (χ1v) is 10.5. The van der Waals surface area contributed by atoms with Crippen LogP contribution in [0.25, 0.3) is 0 Å². The van der Waals surface area contributed by atoms with E-state index in [1.807, 2.05) is 6.92 Å². The van der Waals surface area contributed by atoms with Gasteiger partial charge >= 0.3 is 6.09 Å². The minimum absolute atomic E-state index is 0.0539. The fourth-order valence-corrected chi connectivity index (χ4v) is 3.55. The second kappa shape index (κ2) is 9.53. The zero-order chi connectivity index (χ0) is 21.8. The van der Waals surface area contributed by atoms with E-state index in [1.165, 1.54) is 29.2 Å². The Kier molecular flexibility index (Phi) is 7.59. The summed E-state index contributed by atoms with van der Waals surface area (Å²) < 4.78 is 43.0. The second-order valence-corrected chi connectivity index (χ2v) is 8.58. The molecule has 0 aliphatic carbocycles. The molecule has 1 saturated heterocycles. The van der Waals surface area contributed by atoms with Crippen LogP contribution in [0.3, 0.4) is 0 Å². The van der Waals surface area contributed by atoms with E-state index >= 15 is 0 Å². The van der Waals surface area contributed by atoms with Crippen LogP contribution < -0.4 is 5.73 Å². The second-order valence-electron chi connectivity index (χ2n) is 6.75. The van der Waals surface area contributed by atoms with Crippen molar-refractivity contribution in [3.63, 3.8) is 0 Å². The van der Waals surface area contributed by atoms with Crippen LogP contribution in [0.2, 0.25) is 5.02 Å². The SMILES string of the molecule is Cc1ccc(S(=O)(=O)O)cc1.NC1CCN(C(=O)O)CC1c1ccc(Cl)c(F)c1. The monoisotopic (exact) mass is 444 g/mol. The third-order valence-electron chi connectivity index (χ3n) is 4.63. The molecule has 7 nitrogen and oxygen atoms in total. The minimum atomic E-state index is -4.02. The molecule has 29 heavy (non-hydrogen) atoms. The smallest absolute Gasteiger partial charge is 0.407 e. The maximum absolute atomic E-state index is 13.4. The number of hydrogen-bond donors (Lipinski definition) is 3. The molecule has 1 heterocycles. The number of benzene rings is 2. The van der Waals surface area contributed by atoms with Crippen molar-refractivity contribution in [2.24, 2.45) is 5.73 Å². The molecule has 2 atom stereocenters. The number of carbonyl (C=O) groups is 1. The molecule has 10 heteroatoms. The average molecular weight is 445 g/mol. The first-order chi connectivity index (χ1) is 13.5. The van der Waals surface area contributed by atoms with Gasteiger partial charge in [-0.2, -0.15) is 8.42 Å². The highest BCUT2D eigenvalue weighted by Crippen LogP contribution is 2.28. The molecule has 0 aromatic heterocycles. The molecule has 2 aromatic rings. The summed E-state index contributed by atoms with van der Waals surface area (Å²) in [6.07, 6.45) is -0.400. The Morgan fingerprint density at radius 3 is 2.38 bits per heavy atom. The first kappa shape index (κ1) is 23.1.